The number of fused-ring (bicyclic) bond motifs is 2. The van der Waals surface area contributed by atoms with E-state index in [1.165, 1.54) is 11.6 Å². The predicted molar refractivity (Wildman–Crippen MR) is 146 cm³/mol. The van der Waals surface area contributed by atoms with Gasteiger partial charge in [0.25, 0.3) is 0 Å². The fourth-order valence-electron chi connectivity index (χ4n) is 6.65. The minimum atomic E-state index is -3.41. The molecule has 2 aromatic rings. The summed E-state index contributed by atoms with van der Waals surface area (Å²) in [5.41, 5.74) is 3.38. The largest absolute Gasteiger partial charge is 0.387 e. The first-order chi connectivity index (χ1) is 18.2. The number of aliphatic hydroxyl groups is 1. The van der Waals surface area contributed by atoms with Crippen molar-refractivity contribution < 1.29 is 32.0 Å². The molecule has 1 saturated carbocycles. The van der Waals surface area contributed by atoms with Gasteiger partial charge >= 0.3 is 0 Å². The zero-order chi connectivity index (χ0) is 28.2. The Bertz CT molecular complexity index is 1330. The van der Waals surface area contributed by atoms with Gasteiger partial charge in [0, 0.05) is 36.3 Å². The third kappa shape index (κ3) is 6.00. The third-order valence-electron chi connectivity index (χ3n) is 9.05. The zero-order valence-corrected chi connectivity index (χ0v) is 23.8. The van der Waals surface area contributed by atoms with Gasteiger partial charge in [-0.2, -0.15) is 0 Å². The van der Waals surface area contributed by atoms with E-state index in [-0.39, 0.29) is 49.0 Å². The van der Waals surface area contributed by atoms with E-state index in [1.807, 2.05) is 23.5 Å². The number of quaternary nitrogens is 1. The molecule has 5 nitrogen and oxygen atoms in total. The number of rotatable bonds is 5. The smallest absolute Gasteiger partial charge is 0.248 e. The molecule has 2 heterocycles. The van der Waals surface area contributed by atoms with Gasteiger partial charge in [-0.05, 0) is 53.5 Å². The van der Waals surface area contributed by atoms with Crippen LogP contribution in [0.3, 0.4) is 0 Å². The van der Waals surface area contributed by atoms with Crippen molar-refractivity contribution in [2.24, 2.45) is 5.92 Å². The standard InChI is InChI=1S/C30H39F3N2O3S/c1-28(2,3)22-6-4-5-19(12-22)15-34-25-17-39(37,38)16-21(27(25)36)11-20-13-23-26(24(31)14-20)35-18-29(23)7-9-30(32,33)10-8-29/h4-6,12-14,21,25,27,34-36H,7-11,15-18H2,1-3H3/p+1/t21-,25+,27+/m1/s1. The molecule has 0 unspecified atom stereocenters. The van der Waals surface area contributed by atoms with Crippen LogP contribution in [0.1, 0.15) is 68.7 Å². The fourth-order valence-corrected chi connectivity index (χ4v) is 8.67. The lowest BCUT2D eigenvalue weighted by Gasteiger charge is -2.37. The van der Waals surface area contributed by atoms with Gasteiger partial charge in [-0.15, -0.1) is 0 Å². The number of aliphatic hydroxyl groups excluding tert-OH is 1. The van der Waals surface area contributed by atoms with Crippen LogP contribution in [0, 0.1) is 11.7 Å². The molecule has 2 fully saturated rings. The lowest BCUT2D eigenvalue weighted by Crippen LogP contribution is -2.93. The van der Waals surface area contributed by atoms with Crippen LogP contribution >= 0.6 is 0 Å². The molecular formula is C30H40F3N2O3S+. The van der Waals surface area contributed by atoms with Gasteiger partial charge in [0.15, 0.2) is 9.84 Å². The van der Waals surface area contributed by atoms with Crippen LogP contribution in [0.4, 0.5) is 18.9 Å². The second kappa shape index (κ2) is 10.1. The van der Waals surface area contributed by atoms with Crippen molar-refractivity contribution in [1.29, 1.82) is 0 Å². The van der Waals surface area contributed by atoms with E-state index in [9.17, 15) is 22.3 Å². The summed E-state index contributed by atoms with van der Waals surface area (Å²) in [7, 11) is -3.41. The molecule has 3 aliphatic rings. The Balaban J connectivity index is 1.33. The van der Waals surface area contributed by atoms with Crippen molar-refractivity contribution in [3.05, 3.63) is 64.5 Å². The van der Waals surface area contributed by atoms with E-state index in [0.717, 1.165) is 5.56 Å². The summed E-state index contributed by atoms with van der Waals surface area (Å²) >= 11 is 0. The molecule has 0 aromatic heterocycles. The van der Waals surface area contributed by atoms with E-state index in [4.69, 9.17) is 0 Å². The van der Waals surface area contributed by atoms with E-state index in [2.05, 4.69) is 38.2 Å². The van der Waals surface area contributed by atoms with Gasteiger partial charge in [-0.1, -0.05) is 45.0 Å². The molecule has 5 rings (SSSR count). The van der Waals surface area contributed by atoms with Crippen LogP contribution in [0.5, 0.6) is 0 Å². The lowest BCUT2D eigenvalue weighted by molar-refractivity contribution is -0.708. The highest BCUT2D eigenvalue weighted by Crippen LogP contribution is 2.51. The Kier molecular flexibility index (Phi) is 7.34. The van der Waals surface area contributed by atoms with Gasteiger partial charge in [0.05, 0.1) is 11.4 Å². The number of hydrogen-bond donors (Lipinski definition) is 3. The van der Waals surface area contributed by atoms with Gasteiger partial charge < -0.3 is 15.7 Å². The van der Waals surface area contributed by atoms with Crippen LogP contribution in [-0.4, -0.2) is 49.6 Å². The van der Waals surface area contributed by atoms with Crippen LogP contribution in [0.25, 0.3) is 0 Å². The lowest BCUT2D eigenvalue weighted by atomic mass is 9.69. The summed E-state index contributed by atoms with van der Waals surface area (Å²) in [6.45, 7) is 7.39. The zero-order valence-electron chi connectivity index (χ0n) is 22.9. The SMILES string of the molecule is CC(C)(C)c1cccc(C[NH2+][C@H]2CS(=O)(=O)C[C@@H](Cc3cc(F)c4c(c3)C3(CCC(F)(F)CC3)CN4)[C@@H]2O)c1. The molecule has 3 atom stereocenters. The average Bonchev–Trinajstić information content (AvgIpc) is 3.20. The van der Waals surface area contributed by atoms with Gasteiger partial charge in [-0.3, -0.25) is 0 Å². The topological polar surface area (TPSA) is 83.0 Å². The van der Waals surface area contributed by atoms with Crippen molar-refractivity contribution in [2.45, 2.75) is 88.3 Å². The van der Waals surface area contributed by atoms with Crippen molar-refractivity contribution in [1.82, 2.24) is 0 Å². The number of halogens is 3. The summed E-state index contributed by atoms with van der Waals surface area (Å²) in [6, 6.07) is 10.9. The second-order valence-electron chi connectivity index (χ2n) is 13.1. The maximum absolute atomic E-state index is 15.1. The van der Waals surface area contributed by atoms with E-state index in [1.54, 1.807) is 0 Å². The van der Waals surface area contributed by atoms with Crippen LogP contribution in [0.2, 0.25) is 0 Å². The number of sulfone groups is 1. The summed E-state index contributed by atoms with van der Waals surface area (Å²) in [5, 5.41) is 16.3. The first-order valence-corrected chi connectivity index (χ1v) is 15.7. The van der Waals surface area contributed by atoms with E-state index in [0.29, 0.717) is 29.9 Å². The van der Waals surface area contributed by atoms with Gasteiger partial charge in [0.1, 0.15) is 30.3 Å². The van der Waals surface area contributed by atoms with Crippen molar-refractivity contribution >= 4 is 15.5 Å². The van der Waals surface area contributed by atoms with E-state index < -0.39 is 45.1 Å². The van der Waals surface area contributed by atoms with Crippen molar-refractivity contribution in [2.75, 3.05) is 23.4 Å². The number of anilines is 1. The number of nitrogens with one attached hydrogen (secondary N) is 1. The number of alkyl halides is 2. The third-order valence-corrected chi connectivity index (χ3v) is 10.9. The molecule has 1 spiro atoms. The molecule has 0 bridgehead atoms. The minimum Gasteiger partial charge on any atom is -0.387 e. The first kappa shape index (κ1) is 28.4. The molecule has 9 heteroatoms. The maximum Gasteiger partial charge on any atom is 0.248 e. The van der Waals surface area contributed by atoms with Crippen molar-refractivity contribution in [3.63, 3.8) is 0 Å². The highest BCUT2D eigenvalue weighted by atomic mass is 32.2. The molecule has 2 aliphatic heterocycles. The minimum absolute atomic E-state index is 0.00741. The normalized spacial score (nSPS) is 27.2. The average molecular weight is 566 g/mol. The highest BCUT2D eigenvalue weighted by Gasteiger charge is 2.48. The fraction of sp³-hybridized carbons (Fsp3) is 0.600. The van der Waals surface area contributed by atoms with Crippen LogP contribution in [0.15, 0.2) is 36.4 Å². The Labute approximate surface area is 229 Å². The molecule has 4 N–H and O–H groups in total. The molecule has 0 amide bonds. The summed E-state index contributed by atoms with van der Waals surface area (Å²) in [4.78, 5) is 0. The number of hydrogen-bond acceptors (Lipinski definition) is 4. The van der Waals surface area contributed by atoms with Gasteiger partial charge in [-0.25, -0.2) is 21.6 Å². The Morgan fingerprint density at radius 3 is 2.46 bits per heavy atom. The second-order valence-corrected chi connectivity index (χ2v) is 15.2. The molecule has 214 valence electrons. The molecule has 39 heavy (non-hydrogen) atoms. The maximum atomic E-state index is 15.1. The molecule has 1 aliphatic carbocycles. The summed E-state index contributed by atoms with van der Waals surface area (Å²) in [5.74, 6) is -3.99. The highest BCUT2D eigenvalue weighted by molar-refractivity contribution is 7.91. The van der Waals surface area contributed by atoms with Crippen LogP contribution in [-0.2, 0) is 33.6 Å². The summed E-state index contributed by atoms with van der Waals surface area (Å²) in [6.07, 6.45) is -0.573. The monoisotopic (exact) mass is 565 g/mol. The quantitative estimate of drug-likeness (QED) is 0.511. The molecule has 0 radical (unpaired) electrons. The molecule has 1 saturated heterocycles. The van der Waals surface area contributed by atoms with Crippen molar-refractivity contribution in [3.8, 4) is 0 Å². The number of nitrogens with two attached hydrogens (primary N) is 1. The molecular weight excluding hydrogens is 525 g/mol. The molecule has 2 aromatic carbocycles. The van der Waals surface area contributed by atoms with Crippen LogP contribution < -0.4 is 10.6 Å². The van der Waals surface area contributed by atoms with E-state index >= 15 is 4.39 Å². The number of benzene rings is 2. The first-order valence-electron chi connectivity index (χ1n) is 13.9. The Hall–Kier alpha value is -2.10. The Morgan fingerprint density at radius 1 is 1.05 bits per heavy atom. The van der Waals surface area contributed by atoms with Gasteiger partial charge in [0.2, 0.25) is 5.92 Å². The Morgan fingerprint density at radius 2 is 1.77 bits per heavy atom. The summed E-state index contributed by atoms with van der Waals surface area (Å²) < 4.78 is 68.7. The predicted octanol–water partition coefficient (Wildman–Crippen LogP) is 4.08.